The summed E-state index contributed by atoms with van der Waals surface area (Å²) in [7, 11) is 0. The van der Waals surface area contributed by atoms with Crippen LogP contribution in [0.1, 0.15) is 40.9 Å². The van der Waals surface area contributed by atoms with E-state index in [4.69, 9.17) is 19.4 Å². The van der Waals surface area contributed by atoms with Crippen LogP contribution in [0.25, 0.3) is 11.2 Å². The summed E-state index contributed by atoms with van der Waals surface area (Å²) in [5.74, 6) is 1.19. The first-order chi connectivity index (χ1) is 23.2. The lowest BCUT2D eigenvalue weighted by Gasteiger charge is -2.20. The number of rotatable bonds is 13. The topological polar surface area (TPSA) is 178 Å². The van der Waals surface area contributed by atoms with Gasteiger partial charge in [-0.1, -0.05) is 66.7 Å². The van der Waals surface area contributed by atoms with Gasteiger partial charge in [-0.15, -0.1) is 10.2 Å². The van der Waals surface area contributed by atoms with Crippen molar-refractivity contribution in [1.29, 1.82) is 0 Å². The molecular weight excluding hydrogens is 600 g/mol. The number of hydrogen-bond acceptors (Lipinski definition) is 12. The van der Waals surface area contributed by atoms with E-state index < -0.39 is 24.5 Å². The number of aromatic nitrogens is 8. The Bertz CT molecular complexity index is 1850. The maximum Gasteiger partial charge on any atom is 0.293 e. The number of carbonyl (C=O) groups is 1. The Labute approximate surface area is 269 Å². The van der Waals surface area contributed by atoms with Crippen molar-refractivity contribution in [3.05, 3.63) is 120 Å². The third-order valence-electron chi connectivity index (χ3n) is 8.09. The Morgan fingerprint density at radius 1 is 0.979 bits per heavy atom. The van der Waals surface area contributed by atoms with Crippen LogP contribution in [0.4, 0.5) is 11.8 Å². The van der Waals surface area contributed by atoms with Crippen LogP contribution in [-0.4, -0.2) is 76.6 Å². The van der Waals surface area contributed by atoms with Gasteiger partial charge in [0.25, 0.3) is 6.47 Å². The molecule has 14 heteroatoms. The van der Waals surface area contributed by atoms with Crippen LogP contribution in [0, 0.1) is 0 Å². The van der Waals surface area contributed by atoms with Gasteiger partial charge in [0, 0.05) is 37.3 Å². The fraction of sp³-hybridized carbons (Fsp3) is 0.242. The van der Waals surface area contributed by atoms with E-state index in [2.05, 4.69) is 60.0 Å². The van der Waals surface area contributed by atoms with Crippen LogP contribution < -0.4 is 10.6 Å². The Hall–Kier alpha value is -5.73. The molecule has 238 valence electrons. The number of aliphatic hydroxyl groups excluding tert-OH is 1. The molecule has 0 amide bonds. The minimum absolute atomic E-state index is 0.0222. The van der Waals surface area contributed by atoms with Crippen molar-refractivity contribution >= 4 is 29.4 Å². The van der Waals surface area contributed by atoms with Crippen LogP contribution >= 0.6 is 0 Å². The summed E-state index contributed by atoms with van der Waals surface area (Å²) >= 11 is 0. The van der Waals surface area contributed by atoms with Crippen molar-refractivity contribution in [2.24, 2.45) is 0 Å². The van der Waals surface area contributed by atoms with E-state index in [0.717, 1.165) is 16.8 Å². The number of pyridine rings is 1. The second-order valence-electron chi connectivity index (χ2n) is 11.0. The Morgan fingerprint density at radius 3 is 2.43 bits per heavy atom. The van der Waals surface area contributed by atoms with Gasteiger partial charge in [-0.05, 0) is 23.3 Å². The van der Waals surface area contributed by atoms with Crippen molar-refractivity contribution in [2.45, 2.75) is 36.9 Å². The lowest BCUT2D eigenvalue weighted by atomic mass is 9.91. The number of fused-ring (bicyclic) bond motifs is 1. The highest BCUT2D eigenvalue weighted by Gasteiger charge is 2.49. The number of anilines is 2. The van der Waals surface area contributed by atoms with Crippen molar-refractivity contribution in [1.82, 2.24) is 39.7 Å². The fourth-order valence-electron chi connectivity index (χ4n) is 5.82. The third kappa shape index (κ3) is 6.36. The summed E-state index contributed by atoms with van der Waals surface area (Å²) in [4.78, 5) is 32.9. The number of ether oxygens (including phenoxy) is 2. The SMILES string of the molecule is O=CO[C@H]1[C@@H](O)[C@H](n2cnc3c(NCC(c4ccccc4)c4ccccc4)nc(NCCc4ccccn4)nc32)O[C@@H]1c1nnc[nH]1. The molecule has 7 rings (SSSR count). The molecule has 47 heavy (non-hydrogen) atoms. The number of aromatic amines is 1. The average Bonchev–Trinajstić information content (AvgIpc) is 3.87. The van der Waals surface area contributed by atoms with Gasteiger partial charge in [-0.3, -0.25) is 14.3 Å². The molecule has 0 aliphatic carbocycles. The monoisotopic (exact) mass is 632 g/mol. The fourth-order valence-corrected chi connectivity index (χ4v) is 5.82. The van der Waals surface area contributed by atoms with E-state index in [1.165, 1.54) is 12.7 Å². The van der Waals surface area contributed by atoms with Crippen molar-refractivity contribution < 1.29 is 19.4 Å². The molecule has 1 aliphatic heterocycles. The van der Waals surface area contributed by atoms with Crippen LogP contribution in [0.15, 0.2) is 97.7 Å². The van der Waals surface area contributed by atoms with Gasteiger partial charge in [0.15, 0.2) is 41.2 Å². The number of hydrogen-bond donors (Lipinski definition) is 4. The molecule has 6 aromatic rings. The zero-order chi connectivity index (χ0) is 32.0. The number of imidazole rings is 1. The summed E-state index contributed by atoms with van der Waals surface area (Å²) in [6, 6.07) is 26.3. The number of carbonyl (C=O) groups excluding carboxylic acids is 1. The van der Waals surface area contributed by atoms with Crippen molar-refractivity contribution in [3.8, 4) is 0 Å². The average molecular weight is 633 g/mol. The largest absolute Gasteiger partial charge is 0.458 e. The first-order valence-corrected chi connectivity index (χ1v) is 15.2. The molecule has 0 unspecified atom stereocenters. The summed E-state index contributed by atoms with van der Waals surface area (Å²) < 4.78 is 13.1. The van der Waals surface area contributed by atoms with Gasteiger partial charge in [0.05, 0.1) is 6.33 Å². The number of H-pyrrole nitrogens is 1. The summed E-state index contributed by atoms with van der Waals surface area (Å²) in [5, 5.41) is 26.0. The van der Waals surface area contributed by atoms with Gasteiger partial charge in [-0.2, -0.15) is 9.97 Å². The number of nitrogens with one attached hydrogen (secondary N) is 3. The van der Waals surface area contributed by atoms with E-state index in [-0.39, 0.29) is 12.4 Å². The molecule has 2 aromatic carbocycles. The van der Waals surface area contributed by atoms with Gasteiger partial charge < -0.3 is 30.2 Å². The van der Waals surface area contributed by atoms with Crippen LogP contribution in [0.5, 0.6) is 0 Å². The predicted molar refractivity (Wildman–Crippen MR) is 171 cm³/mol. The molecule has 4 aromatic heterocycles. The van der Waals surface area contributed by atoms with Crippen LogP contribution in [0.2, 0.25) is 0 Å². The maximum absolute atomic E-state index is 11.4. The molecular formula is C33H32N10O4. The second kappa shape index (κ2) is 13.7. The van der Waals surface area contributed by atoms with Crippen molar-refractivity contribution in [2.75, 3.05) is 23.7 Å². The number of nitrogens with zero attached hydrogens (tertiary/aromatic N) is 7. The Balaban J connectivity index is 1.23. The standard InChI is InChI=1S/C33H32N10O4/c44-20-46-27-26(45)32(47-28(27)30-37-18-39-42-30)43-19-38-25-29(40-33(41-31(25)43)35-16-14-23-13-7-8-15-34-23)36-17-24(21-9-3-1-4-10-21)22-11-5-2-6-12-22/h1-13,15,18-20,24,26-28,32,45H,14,16-17H2,(H,37,39,42)(H2,35,36,40,41)/t26-,27+,28+,32-/m1/s1. The van der Waals surface area contributed by atoms with Gasteiger partial charge >= 0.3 is 0 Å². The molecule has 4 atom stereocenters. The van der Waals surface area contributed by atoms with Crippen LogP contribution in [0.3, 0.4) is 0 Å². The molecule has 1 aliphatic rings. The van der Waals surface area contributed by atoms with E-state index in [0.29, 0.717) is 48.3 Å². The molecule has 1 saturated heterocycles. The predicted octanol–water partition coefficient (Wildman–Crippen LogP) is 3.41. The van der Waals surface area contributed by atoms with Crippen molar-refractivity contribution in [3.63, 3.8) is 0 Å². The summed E-state index contributed by atoms with van der Waals surface area (Å²) in [6.45, 7) is 1.32. The lowest BCUT2D eigenvalue weighted by molar-refractivity contribution is -0.140. The van der Waals surface area contributed by atoms with E-state index >= 15 is 0 Å². The van der Waals surface area contributed by atoms with Crippen LogP contribution in [-0.2, 0) is 20.7 Å². The van der Waals surface area contributed by atoms with Gasteiger partial charge in [0.1, 0.15) is 12.4 Å². The zero-order valence-corrected chi connectivity index (χ0v) is 25.1. The molecule has 0 spiro atoms. The molecule has 0 bridgehead atoms. The quantitative estimate of drug-likeness (QED) is 0.137. The van der Waals surface area contributed by atoms with E-state index in [1.54, 1.807) is 10.8 Å². The summed E-state index contributed by atoms with van der Waals surface area (Å²) in [6.07, 6.45) is 1.12. The molecule has 1 fully saturated rings. The second-order valence-corrected chi connectivity index (χ2v) is 11.0. The maximum atomic E-state index is 11.4. The van der Waals surface area contributed by atoms with E-state index in [1.807, 2.05) is 54.6 Å². The normalized spacial score (nSPS) is 19.2. The number of benzene rings is 2. The highest BCUT2D eigenvalue weighted by atomic mass is 16.6. The smallest absolute Gasteiger partial charge is 0.293 e. The van der Waals surface area contributed by atoms with Gasteiger partial charge in [-0.25, -0.2) is 4.98 Å². The minimum atomic E-state index is -1.26. The first kappa shape index (κ1) is 30.0. The van der Waals surface area contributed by atoms with Gasteiger partial charge in [0.2, 0.25) is 5.95 Å². The minimum Gasteiger partial charge on any atom is -0.458 e. The number of aliphatic hydroxyl groups is 1. The Kier molecular flexibility index (Phi) is 8.75. The van der Waals surface area contributed by atoms with E-state index in [9.17, 15) is 9.90 Å². The molecule has 14 nitrogen and oxygen atoms in total. The Morgan fingerprint density at radius 2 is 1.74 bits per heavy atom. The molecule has 5 heterocycles. The first-order valence-electron chi connectivity index (χ1n) is 15.2. The molecule has 0 saturated carbocycles. The molecule has 0 radical (unpaired) electrons. The third-order valence-corrected chi connectivity index (χ3v) is 8.09. The highest BCUT2D eigenvalue weighted by Crippen LogP contribution is 2.40. The molecule has 4 N–H and O–H groups in total. The highest BCUT2D eigenvalue weighted by molar-refractivity contribution is 5.84. The summed E-state index contributed by atoms with van der Waals surface area (Å²) in [5.41, 5.74) is 4.12. The lowest BCUT2D eigenvalue weighted by Crippen LogP contribution is -2.31. The zero-order valence-electron chi connectivity index (χ0n) is 25.1.